The van der Waals surface area contributed by atoms with Crippen LogP contribution in [0.5, 0.6) is 0 Å². The summed E-state index contributed by atoms with van der Waals surface area (Å²) in [4.78, 5) is 25.0. The Bertz CT molecular complexity index is 700. The summed E-state index contributed by atoms with van der Waals surface area (Å²) in [5.74, 6) is -0.195. The molecule has 0 aromatic heterocycles. The number of rotatable bonds is 5. The lowest BCUT2D eigenvalue weighted by molar-refractivity contribution is -0.128. The summed E-state index contributed by atoms with van der Waals surface area (Å²) in [5, 5.41) is 0. The molecule has 0 unspecified atom stereocenters. The summed E-state index contributed by atoms with van der Waals surface area (Å²) in [6.45, 7) is 10.2. The average Bonchev–Trinajstić information content (AvgIpc) is 3.04. The van der Waals surface area contributed by atoms with Crippen molar-refractivity contribution in [1.82, 2.24) is 4.90 Å². The third kappa shape index (κ3) is 4.04. The zero-order chi connectivity index (χ0) is 19.8. The summed E-state index contributed by atoms with van der Waals surface area (Å²) >= 11 is 0. The van der Waals surface area contributed by atoms with Crippen molar-refractivity contribution < 1.29 is 23.6 Å². The predicted octanol–water partition coefficient (Wildman–Crippen LogP) is 3.16. The molecule has 0 N–H and O–H groups in total. The van der Waals surface area contributed by atoms with E-state index in [0.29, 0.717) is 19.2 Å². The number of hydrogen-bond acceptors (Lipinski definition) is 5. The quantitative estimate of drug-likeness (QED) is 0.742. The normalized spacial score (nSPS) is 23.6. The first-order valence-electron chi connectivity index (χ1n) is 9.55. The molecule has 2 saturated heterocycles. The lowest BCUT2D eigenvalue weighted by atomic mass is 9.80. The first-order chi connectivity index (χ1) is 12.6. The molecule has 0 spiro atoms. The van der Waals surface area contributed by atoms with Gasteiger partial charge < -0.3 is 14.0 Å². The molecule has 0 radical (unpaired) electrons. The maximum Gasteiger partial charge on any atom is 0.462 e. The smallest absolute Gasteiger partial charge is 0.447 e. The van der Waals surface area contributed by atoms with Gasteiger partial charge in [-0.15, -0.1) is 0 Å². The van der Waals surface area contributed by atoms with E-state index in [-0.39, 0.29) is 36.9 Å². The van der Waals surface area contributed by atoms with Crippen molar-refractivity contribution in [3.63, 3.8) is 0 Å². The van der Waals surface area contributed by atoms with Crippen molar-refractivity contribution in [3.8, 4) is 0 Å². The van der Waals surface area contributed by atoms with Gasteiger partial charge in [0.2, 0.25) is 5.91 Å². The molecule has 2 fully saturated rings. The second-order valence-corrected chi connectivity index (χ2v) is 8.26. The highest BCUT2D eigenvalue weighted by atomic mass is 16.7. The van der Waals surface area contributed by atoms with E-state index in [0.717, 1.165) is 11.1 Å². The van der Waals surface area contributed by atoms with Crippen molar-refractivity contribution in [2.24, 2.45) is 0 Å². The van der Waals surface area contributed by atoms with E-state index in [1.807, 2.05) is 52.0 Å². The molecule has 1 aromatic carbocycles. The second-order valence-electron chi connectivity index (χ2n) is 8.26. The molecule has 2 aliphatic rings. The Morgan fingerprint density at radius 1 is 1.11 bits per heavy atom. The van der Waals surface area contributed by atoms with Gasteiger partial charge in [0.05, 0.1) is 17.2 Å². The van der Waals surface area contributed by atoms with E-state index in [9.17, 15) is 9.59 Å². The molecular formula is C20H28BNO5. The number of cyclic esters (lactones) is 1. The van der Waals surface area contributed by atoms with E-state index in [2.05, 4.69) is 0 Å². The van der Waals surface area contributed by atoms with Crippen LogP contribution in [0.3, 0.4) is 0 Å². The van der Waals surface area contributed by atoms with Crippen molar-refractivity contribution in [2.75, 3.05) is 6.61 Å². The number of hydrogen-bond donors (Lipinski definition) is 0. The van der Waals surface area contributed by atoms with Crippen LogP contribution < -0.4 is 0 Å². The van der Waals surface area contributed by atoms with E-state index in [4.69, 9.17) is 14.0 Å². The second kappa shape index (κ2) is 7.28. The van der Waals surface area contributed by atoms with Crippen LogP contribution in [0.2, 0.25) is 0 Å². The number of nitrogens with zero attached hydrogens (tertiary/aromatic N) is 1. The molecule has 6 nitrogen and oxygen atoms in total. The van der Waals surface area contributed by atoms with E-state index in [1.165, 1.54) is 4.90 Å². The average molecular weight is 373 g/mol. The van der Waals surface area contributed by atoms with Crippen LogP contribution >= 0.6 is 0 Å². The van der Waals surface area contributed by atoms with Crippen LogP contribution in [0, 0.1) is 0 Å². The van der Waals surface area contributed by atoms with Gasteiger partial charge in [0.25, 0.3) is 0 Å². The largest absolute Gasteiger partial charge is 0.462 e. The number of imide groups is 1. The van der Waals surface area contributed by atoms with Crippen molar-refractivity contribution in [1.29, 1.82) is 0 Å². The van der Waals surface area contributed by atoms with Gasteiger partial charge in [-0.05, 0) is 45.2 Å². The fourth-order valence-electron chi connectivity index (χ4n) is 3.41. The molecule has 2 amide bonds. The van der Waals surface area contributed by atoms with Crippen LogP contribution in [0.4, 0.5) is 4.79 Å². The Kier molecular flexibility index (Phi) is 5.37. The fourth-order valence-corrected chi connectivity index (χ4v) is 3.41. The van der Waals surface area contributed by atoms with Crippen LogP contribution in [0.25, 0.3) is 0 Å². The molecule has 1 atom stereocenters. The van der Waals surface area contributed by atoms with Gasteiger partial charge in [0.15, 0.2) is 0 Å². The summed E-state index contributed by atoms with van der Waals surface area (Å²) in [7, 11) is -0.264. The van der Waals surface area contributed by atoms with E-state index >= 15 is 0 Å². The van der Waals surface area contributed by atoms with E-state index < -0.39 is 6.09 Å². The Labute approximate surface area is 161 Å². The minimum atomic E-state index is -0.538. The standard InChI is InChI=1S/C20H28BNO5/c1-6-17(23)22-16(13-25-18(22)24)11-14-7-9-15(10-8-14)12-21-26-19(2,3)20(4,5)27-21/h7-10,16H,6,11-13H2,1-5H3/t16-/m1/s1. The minimum absolute atomic E-state index is 0.195. The molecule has 0 bridgehead atoms. The summed E-state index contributed by atoms with van der Waals surface area (Å²) in [6, 6.07) is 7.91. The highest BCUT2D eigenvalue weighted by Crippen LogP contribution is 2.37. The van der Waals surface area contributed by atoms with Gasteiger partial charge in [0, 0.05) is 12.7 Å². The number of benzene rings is 1. The molecule has 2 aliphatic heterocycles. The number of carbonyl (C=O) groups is 2. The Balaban J connectivity index is 1.61. The predicted molar refractivity (Wildman–Crippen MR) is 102 cm³/mol. The first-order valence-corrected chi connectivity index (χ1v) is 9.55. The van der Waals surface area contributed by atoms with Crippen molar-refractivity contribution in [2.45, 2.75) is 71.0 Å². The number of ether oxygens (including phenoxy) is 1. The van der Waals surface area contributed by atoms with Crippen LogP contribution in [0.15, 0.2) is 24.3 Å². The van der Waals surface area contributed by atoms with Gasteiger partial charge in [-0.3, -0.25) is 4.79 Å². The zero-order valence-corrected chi connectivity index (χ0v) is 16.8. The molecule has 0 aliphatic carbocycles. The van der Waals surface area contributed by atoms with Gasteiger partial charge >= 0.3 is 13.2 Å². The summed E-state index contributed by atoms with van der Waals surface area (Å²) < 4.78 is 17.2. The number of amides is 2. The SMILES string of the molecule is CCC(=O)N1C(=O)OC[C@H]1Cc1ccc(CB2OC(C)(C)C(C)(C)O2)cc1. The summed E-state index contributed by atoms with van der Waals surface area (Å²) in [6.07, 6.45) is 1.02. The Hall–Kier alpha value is -1.86. The molecule has 3 rings (SSSR count). The molecule has 27 heavy (non-hydrogen) atoms. The van der Waals surface area contributed by atoms with Gasteiger partial charge in [0.1, 0.15) is 6.61 Å². The molecule has 7 heteroatoms. The third-order valence-corrected chi connectivity index (χ3v) is 5.73. The highest BCUT2D eigenvalue weighted by molar-refractivity contribution is 6.45. The van der Waals surface area contributed by atoms with Crippen LogP contribution in [-0.2, 0) is 31.6 Å². The molecule has 1 aromatic rings. The summed E-state index contributed by atoms with van der Waals surface area (Å²) in [5.41, 5.74) is 1.52. The van der Waals surface area contributed by atoms with Gasteiger partial charge in [-0.1, -0.05) is 31.2 Å². The zero-order valence-electron chi connectivity index (χ0n) is 16.8. The highest BCUT2D eigenvalue weighted by Gasteiger charge is 2.50. The Morgan fingerprint density at radius 2 is 1.67 bits per heavy atom. The maximum atomic E-state index is 12.0. The monoisotopic (exact) mass is 373 g/mol. The molecular weight excluding hydrogens is 345 g/mol. The lowest BCUT2D eigenvalue weighted by Gasteiger charge is -2.32. The lowest BCUT2D eigenvalue weighted by Crippen LogP contribution is -2.41. The first kappa shape index (κ1) is 19.9. The van der Waals surface area contributed by atoms with Gasteiger partial charge in [-0.2, -0.15) is 0 Å². The van der Waals surface area contributed by atoms with Crippen molar-refractivity contribution in [3.05, 3.63) is 35.4 Å². The fraction of sp³-hybridized carbons (Fsp3) is 0.600. The van der Waals surface area contributed by atoms with E-state index in [1.54, 1.807) is 6.92 Å². The van der Waals surface area contributed by atoms with Crippen LogP contribution in [0.1, 0.15) is 52.2 Å². The molecule has 146 valence electrons. The molecule has 0 saturated carbocycles. The molecule has 2 heterocycles. The minimum Gasteiger partial charge on any atom is -0.447 e. The maximum absolute atomic E-state index is 12.0. The topological polar surface area (TPSA) is 65.1 Å². The van der Waals surface area contributed by atoms with Gasteiger partial charge in [-0.25, -0.2) is 9.69 Å². The number of carbonyl (C=O) groups excluding carboxylic acids is 2. The third-order valence-electron chi connectivity index (χ3n) is 5.73. The van der Waals surface area contributed by atoms with Crippen molar-refractivity contribution >= 4 is 19.1 Å². The Morgan fingerprint density at radius 3 is 2.22 bits per heavy atom. The van der Waals surface area contributed by atoms with Crippen LogP contribution in [-0.4, -0.2) is 47.9 Å².